The van der Waals surface area contributed by atoms with E-state index in [9.17, 15) is 20.1 Å². The molecule has 1 amide bonds. The molecule has 0 rings (SSSR count). The average molecular weight is 694 g/mol. The molecular weight excluding hydrogens is 606 g/mol. The fourth-order valence-corrected chi connectivity index (χ4v) is 6.89. The van der Waals surface area contributed by atoms with Crippen molar-refractivity contribution in [3.8, 4) is 0 Å². The highest BCUT2D eigenvalue weighted by Gasteiger charge is 2.22. The van der Waals surface area contributed by atoms with E-state index in [0.29, 0.717) is 6.42 Å². The maximum Gasteiger partial charge on any atom is 0.249 e. The van der Waals surface area contributed by atoms with Crippen LogP contribution < -0.4 is 5.32 Å². The summed E-state index contributed by atoms with van der Waals surface area (Å²) in [5.74, 6) is -0.499. The molecule has 0 spiro atoms. The van der Waals surface area contributed by atoms with Crippen LogP contribution in [0.1, 0.15) is 239 Å². The van der Waals surface area contributed by atoms with Gasteiger partial charge in [-0.05, 0) is 19.3 Å². The summed E-state index contributed by atoms with van der Waals surface area (Å²) in [6.07, 6.45) is 46.7. The Morgan fingerprint density at radius 1 is 0.490 bits per heavy atom. The van der Waals surface area contributed by atoms with E-state index in [1.807, 2.05) is 6.08 Å². The lowest BCUT2D eigenvalue weighted by molar-refractivity contribution is -0.131. The number of rotatable bonds is 40. The standard InChI is InChI=1S/C44H87NO4/c1-3-5-7-9-11-13-15-17-19-21-22-23-25-27-29-31-33-35-37-39-43(48)44(49)45-41(40-46)42(47)38-36-34-32-30-28-26-24-20-18-16-14-12-10-8-6-4-2/h36,38,41-43,46-48H,3-35,37,39-40H2,1-2H3,(H,45,49)/b38-36+. The lowest BCUT2D eigenvalue weighted by atomic mass is 10.0. The van der Waals surface area contributed by atoms with E-state index in [0.717, 1.165) is 32.1 Å². The molecule has 0 saturated heterocycles. The third-order valence-corrected chi connectivity index (χ3v) is 10.4. The molecular formula is C44H87NO4. The summed E-state index contributed by atoms with van der Waals surface area (Å²) in [6.45, 7) is 4.20. The van der Waals surface area contributed by atoms with Crippen molar-refractivity contribution in [1.29, 1.82) is 0 Å². The SMILES string of the molecule is CCCCCCCCCCCCCCCC/C=C/C(O)C(CO)NC(=O)C(O)CCCCCCCCCCCCCCCCCCCCC. The number of aliphatic hydroxyl groups excluding tert-OH is 3. The molecule has 5 nitrogen and oxygen atoms in total. The summed E-state index contributed by atoms with van der Waals surface area (Å²) in [7, 11) is 0. The number of nitrogens with one attached hydrogen (secondary N) is 1. The summed E-state index contributed by atoms with van der Waals surface area (Å²) in [6, 6.07) is -0.792. The lowest BCUT2D eigenvalue weighted by Crippen LogP contribution is -2.48. The maximum atomic E-state index is 12.5. The van der Waals surface area contributed by atoms with Gasteiger partial charge in [-0.15, -0.1) is 0 Å². The topological polar surface area (TPSA) is 89.8 Å². The molecule has 0 heterocycles. The molecule has 0 aliphatic heterocycles. The van der Waals surface area contributed by atoms with Crippen LogP contribution in [0.25, 0.3) is 0 Å². The fourth-order valence-electron chi connectivity index (χ4n) is 6.89. The Kier molecular flexibility index (Phi) is 39.1. The van der Waals surface area contributed by atoms with Gasteiger partial charge in [-0.1, -0.05) is 231 Å². The number of carbonyl (C=O) groups is 1. The van der Waals surface area contributed by atoms with Crippen molar-refractivity contribution < 1.29 is 20.1 Å². The Bertz CT molecular complexity index is 684. The molecule has 0 aliphatic rings. The van der Waals surface area contributed by atoms with Crippen LogP contribution in [0.3, 0.4) is 0 Å². The highest BCUT2D eigenvalue weighted by molar-refractivity contribution is 5.80. The van der Waals surface area contributed by atoms with Gasteiger partial charge in [0.25, 0.3) is 0 Å². The summed E-state index contributed by atoms with van der Waals surface area (Å²) < 4.78 is 0. The summed E-state index contributed by atoms with van der Waals surface area (Å²) in [4.78, 5) is 12.5. The van der Waals surface area contributed by atoms with Gasteiger partial charge in [0.1, 0.15) is 6.10 Å². The zero-order valence-corrected chi connectivity index (χ0v) is 33.1. The maximum absolute atomic E-state index is 12.5. The zero-order chi connectivity index (χ0) is 35.9. The van der Waals surface area contributed by atoms with Crippen LogP contribution in [0.4, 0.5) is 0 Å². The fraction of sp³-hybridized carbons (Fsp3) is 0.932. The van der Waals surface area contributed by atoms with Gasteiger partial charge in [0.15, 0.2) is 0 Å². The summed E-state index contributed by atoms with van der Waals surface area (Å²) in [5.41, 5.74) is 0. The number of hydrogen-bond donors (Lipinski definition) is 4. The van der Waals surface area contributed by atoms with Crippen molar-refractivity contribution in [2.45, 2.75) is 257 Å². The van der Waals surface area contributed by atoms with Crippen LogP contribution in [0, 0.1) is 0 Å². The van der Waals surface area contributed by atoms with Crippen molar-refractivity contribution >= 4 is 5.91 Å². The van der Waals surface area contributed by atoms with Gasteiger partial charge >= 0.3 is 0 Å². The molecule has 0 saturated carbocycles. The minimum atomic E-state index is -1.09. The first-order valence-corrected chi connectivity index (χ1v) is 22.0. The summed E-state index contributed by atoms with van der Waals surface area (Å²) in [5, 5.41) is 33.1. The molecule has 5 heteroatoms. The second kappa shape index (κ2) is 39.9. The Morgan fingerprint density at radius 2 is 0.796 bits per heavy atom. The Hall–Kier alpha value is -0.910. The number of amides is 1. The molecule has 0 aromatic carbocycles. The number of aliphatic hydroxyl groups is 3. The first kappa shape index (κ1) is 48.1. The molecule has 0 fully saturated rings. The number of hydrogen-bond acceptors (Lipinski definition) is 4. The minimum Gasteiger partial charge on any atom is -0.394 e. The van der Waals surface area contributed by atoms with Crippen LogP contribution in [0.15, 0.2) is 12.2 Å². The number of carbonyl (C=O) groups excluding carboxylic acids is 1. The lowest BCUT2D eigenvalue weighted by Gasteiger charge is -2.21. The normalized spacial score (nSPS) is 13.7. The Balaban J connectivity index is 3.64. The van der Waals surface area contributed by atoms with E-state index < -0.39 is 24.2 Å². The number of unbranched alkanes of at least 4 members (excludes halogenated alkanes) is 32. The van der Waals surface area contributed by atoms with Gasteiger partial charge in [-0.3, -0.25) is 4.79 Å². The highest BCUT2D eigenvalue weighted by Crippen LogP contribution is 2.16. The van der Waals surface area contributed by atoms with Crippen LogP contribution in [0.5, 0.6) is 0 Å². The second-order valence-electron chi connectivity index (χ2n) is 15.3. The smallest absolute Gasteiger partial charge is 0.249 e. The van der Waals surface area contributed by atoms with Crippen molar-refractivity contribution in [2.75, 3.05) is 6.61 Å². The van der Waals surface area contributed by atoms with Crippen LogP contribution in [-0.2, 0) is 4.79 Å². The van der Waals surface area contributed by atoms with E-state index in [1.54, 1.807) is 6.08 Å². The van der Waals surface area contributed by atoms with Crippen molar-refractivity contribution in [1.82, 2.24) is 5.32 Å². The third-order valence-electron chi connectivity index (χ3n) is 10.4. The number of allylic oxidation sites excluding steroid dienone is 1. The van der Waals surface area contributed by atoms with Gasteiger partial charge in [0.05, 0.1) is 18.8 Å². The molecule has 292 valence electrons. The molecule has 4 N–H and O–H groups in total. The van der Waals surface area contributed by atoms with E-state index in [-0.39, 0.29) is 6.61 Å². The van der Waals surface area contributed by atoms with Crippen molar-refractivity contribution in [3.05, 3.63) is 12.2 Å². The van der Waals surface area contributed by atoms with Crippen LogP contribution >= 0.6 is 0 Å². The molecule has 0 aromatic heterocycles. The first-order chi connectivity index (χ1) is 24.1. The van der Waals surface area contributed by atoms with Gasteiger partial charge in [-0.2, -0.15) is 0 Å². The molecule has 0 radical (unpaired) electrons. The van der Waals surface area contributed by atoms with Crippen LogP contribution in [0.2, 0.25) is 0 Å². The quantitative estimate of drug-likeness (QED) is 0.0380. The van der Waals surface area contributed by atoms with Crippen molar-refractivity contribution in [2.24, 2.45) is 0 Å². The Morgan fingerprint density at radius 3 is 1.12 bits per heavy atom. The Labute approximate surface area is 306 Å². The first-order valence-electron chi connectivity index (χ1n) is 22.0. The largest absolute Gasteiger partial charge is 0.394 e. The van der Waals surface area contributed by atoms with Gasteiger partial charge in [0.2, 0.25) is 5.91 Å². The minimum absolute atomic E-state index is 0.359. The van der Waals surface area contributed by atoms with E-state index in [4.69, 9.17) is 0 Å². The van der Waals surface area contributed by atoms with Crippen molar-refractivity contribution in [3.63, 3.8) is 0 Å². The van der Waals surface area contributed by atoms with Gasteiger partial charge in [-0.25, -0.2) is 0 Å². The highest BCUT2D eigenvalue weighted by atomic mass is 16.3. The zero-order valence-electron chi connectivity index (χ0n) is 33.1. The average Bonchev–Trinajstić information content (AvgIpc) is 3.11. The van der Waals surface area contributed by atoms with Gasteiger partial charge in [0, 0.05) is 0 Å². The third kappa shape index (κ3) is 35.3. The predicted molar refractivity (Wildman–Crippen MR) is 213 cm³/mol. The van der Waals surface area contributed by atoms with Crippen LogP contribution in [-0.4, -0.2) is 46.1 Å². The van der Waals surface area contributed by atoms with E-state index in [2.05, 4.69) is 19.2 Å². The molecule has 0 aromatic rings. The molecule has 3 atom stereocenters. The molecule has 3 unspecified atom stereocenters. The monoisotopic (exact) mass is 694 g/mol. The second-order valence-corrected chi connectivity index (χ2v) is 15.3. The molecule has 49 heavy (non-hydrogen) atoms. The van der Waals surface area contributed by atoms with E-state index >= 15 is 0 Å². The van der Waals surface area contributed by atoms with E-state index in [1.165, 1.54) is 186 Å². The predicted octanol–water partition coefficient (Wildman–Crippen LogP) is 12.4. The van der Waals surface area contributed by atoms with Gasteiger partial charge < -0.3 is 20.6 Å². The molecule has 0 bridgehead atoms. The summed E-state index contributed by atoms with van der Waals surface area (Å²) >= 11 is 0. The molecule has 0 aliphatic carbocycles.